The van der Waals surface area contributed by atoms with E-state index in [0.717, 1.165) is 18.4 Å². The summed E-state index contributed by atoms with van der Waals surface area (Å²) in [6, 6.07) is 5.25. The molecule has 0 aliphatic heterocycles. The number of carbonyl (C=O) groups excluding carboxylic acids is 1. The van der Waals surface area contributed by atoms with E-state index in [0.29, 0.717) is 5.76 Å². The van der Waals surface area contributed by atoms with Crippen LogP contribution in [0, 0.1) is 5.92 Å². The minimum Gasteiger partial charge on any atom is -0.481 e. The summed E-state index contributed by atoms with van der Waals surface area (Å²) < 4.78 is 5.22. The molecule has 0 bridgehead atoms. The average molecular weight is 315 g/mol. The van der Waals surface area contributed by atoms with Crippen molar-refractivity contribution >= 4 is 11.9 Å². The third kappa shape index (κ3) is 3.39. The fraction of sp³-hybridized carbons (Fsp3) is 0.375. The number of pyridine rings is 1. The van der Waals surface area contributed by atoms with Crippen molar-refractivity contribution in [3.8, 4) is 11.3 Å². The van der Waals surface area contributed by atoms with E-state index >= 15 is 0 Å². The van der Waals surface area contributed by atoms with Crippen LogP contribution in [0.4, 0.5) is 0 Å². The van der Waals surface area contributed by atoms with Crippen molar-refractivity contribution in [2.45, 2.75) is 25.8 Å². The number of aliphatic carboxylic acids is 1. The topological polar surface area (TPSA) is 96.5 Å². The Morgan fingerprint density at radius 2 is 2.26 bits per heavy atom. The Labute approximate surface area is 132 Å². The van der Waals surface area contributed by atoms with Gasteiger partial charge < -0.3 is 14.5 Å². The number of hydrogen-bond donors (Lipinski definition) is 1. The molecule has 0 aromatic carbocycles. The molecule has 0 radical (unpaired) electrons. The van der Waals surface area contributed by atoms with Crippen molar-refractivity contribution in [3.63, 3.8) is 0 Å². The van der Waals surface area contributed by atoms with Gasteiger partial charge in [0.2, 0.25) is 0 Å². The second-order valence-electron chi connectivity index (χ2n) is 5.75. The SMILES string of the molecule is CC(CN(C(=O)c1cc(-c2cccnc2)on1)C1CC1)C(=O)O. The van der Waals surface area contributed by atoms with Crippen LogP contribution in [-0.2, 0) is 4.79 Å². The van der Waals surface area contributed by atoms with E-state index in [1.54, 1.807) is 36.4 Å². The molecule has 2 aromatic rings. The first kappa shape index (κ1) is 15.2. The molecular formula is C16H17N3O4. The molecule has 2 aromatic heterocycles. The molecular weight excluding hydrogens is 298 g/mol. The van der Waals surface area contributed by atoms with Crippen LogP contribution < -0.4 is 0 Å². The molecule has 1 atom stereocenters. The minimum absolute atomic E-state index is 0.0999. The van der Waals surface area contributed by atoms with Crippen LogP contribution in [0.1, 0.15) is 30.3 Å². The minimum atomic E-state index is -0.917. The smallest absolute Gasteiger partial charge is 0.308 e. The van der Waals surface area contributed by atoms with Crippen molar-refractivity contribution in [1.29, 1.82) is 0 Å². The van der Waals surface area contributed by atoms with Gasteiger partial charge in [-0.05, 0) is 25.0 Å². The lowest BCUT2D eigenvalue weighted by molar-refractivity contribution is -0.141. The summed E-state index contributed by atoms with van der Waals surface area (Å²) in [5.41, 5.74) is 0.921. The molecule has 3 rings (SSSR count). The number of amides is 1. The lowest BCUT2D eigenvalue weighted by atomic mass is 10.1. The zero-order valence-corrected chi connectivity index (χ0v) is 12.7. The second-order valence-corrected chi connectivity index (χ2v) is 5.75. The maximum absolute atomic E-state index is 12.6. The number of carboxylic acids is 1. The molecule has 1 unspecified atom stereocenters. The van der Waals surface area contributed by atoms with Gasteiger partial charge in [-0.25, -0.2) is 0 Å². The van der Waals surface area contributed by atoms with Crippen molar-refractivity contribution in [2.24, 2.45) is 5.92 Å². The van der Waals surface area contributed by atoms with Crippen LogP contribution in [0.5, 0.6) is 0 Å². The summed E-state index contributed by atoms with van der Waals surface area (Å²) in [4.78, 5) is 29.3. The monoisotopic (exact) mass is 315 g/mol. The number of rotatable bonds is 6. The maximum Gasteiger partial charge on any atom is 0.308 e. The van der Waals surface area contributed by atoms with E-state index in [4.69, 9.17) is 9.63 Å². The first-order chi connectivity index (χ1) is 11.1. The van der Waals surface area contributed by atoms with Crippen LogP contribution in [0.2, 0.25) is 0 Å². The highest BCUT2D eigenvalue weighted by Gasteiger charge is 2.36. The summed E-state index contributed by atoms with van der Waals surface area (Å²) in [5.74, 6) is -1.37. The normalized spacial score (nSPS) is 15.2. The van der Waals surface area contributed by atoms with Gasteiger partial charge >= 0.3 is 5.97 Å². The van der Waals surface area contributed by atoms with E-state index < -0.39 is 11.9 Å². The largest absolute Gasteiger partial charge is 0.481 e. The van der Waals surface area contributed by atoms with Gasteiger partial charge in [0.1, 0.15) is 0 Å². The van der Waals surface area contributed by atoms with Gasteiger partial charge in [-0.15, -0.1) is 0 Å². The number of hydrogen-bond acceptors (Lipinski definition) is 5. The van der Waals surface area contributed by atoms with E-state index in [9.17, 15) is 9.59 Å². The van der Waals surface area contributed by atoms with E-state index in [-0.39, 0.29) is 24.2 Å². The summed E-state index contributed by atoms with van der Waals surface area (Å²) in [6.45, 7) is 1.77. The van der Waals surface area contributed by atoms with Crippen molar-refractivity contribution in [1.82, 2.24) is 15.0 Å². The van der Waals surface area contributed by atoms with Gasteiger partial charge in [-0.3, -0.25) is 14.6 Å². The molecule has 1 amide bonds. The molecule has 1 N–H and O–H groups in total. The van der Waals surface area contributed by atoms with Crippen molar-refractivity contribution in [2.75, 3.05) is 6.54 Å². The summed E-state index contributed by atoms with van der Waals surface area (Å²) in [5, 5.41) is 12.9. The quantitative estimate of drug-likeness (QED) is 0.876. The van der Waals surface area contributed by atoms with Gasteiger partial charge in [0.25, 0.3) is 5.91 Å². The fourth-order valence-electron chi connectivity index (χ4n) is 2.32. The molecule has 2 heterocycles. The van der Waals surface area contributed by atoms with Crippen LogP contribution in [0.25, 0.3) is 11.3 Å². The Morgan fingerprint density at radius 1 is 1.48 bits per heavy atom. The Balaban J connectivity index is 1.78. The third-order valence-electron chi connectivity index (χ3n) is 3.82. The number of nitrogens with zero attached hydrogens (tertiary/aromatic N) is 3. The van der Waals surface area contributed by atoms with Gasteiger partial charge in [0, 0.05) is 36.6 Å². The third-order valence-corrected chi connectivity index (χ3v) is 3.82. The predicted octanol–water partition coefficient (Wildman–Crippen LogP) is 2.06. The van der Waals surface area contributed by atoms with E-state index in [2.05, 4.69) is 10.1 Å². The van der Waals surface area contributed by atoms with Gasteiger partial charge in [0.05, 0.1) is 5.92 Å². The Morgan fingerprint density at radius 3 is 2.87 bits per heavy atom. The van der Waals surface area contributed by atoms with Gasteiger partial charge in [0.15, 0.2) is 11.5 Å². The summed E-state index contributed by atoms with van der Waals surface area (Å²) >= 11 is 0. The first-order valence-electron chi connectivity index (χ1n) is 7.47. The van der Waals surface area contributed by atoms with Crippen LogP contribution in [0.15, 0.2) is 35.1 Å². The molecule has 1 fully saturated rings. The highest BCUT2D eigenvalue weighted by Crippen LogP contribution is 2.29. The fourth-order valence-corrected chi connectivity index (χ4v) is 2.32. The summed E-state index contributed by atoms with van der Waals surface area (Å²) in [7, 11) is 0. The second kappa shape index (κ2) is 6.20. The lowest BCUT2D eigenvalue weighted by Gasteiger charge is -2.23. The van der Waals surface area contributed by atoms with Crippen molar-refractivity contribution in [3.05, 3.63) is 36.3 Å². The van der Waals surface area contributed by atoms with Crippen LogP contribution >= 0.6 is 0 Å². The van der Waals surface area contributed by atoms with Crippen molar-refractivity contribution < 1.29 is 19.2 Å². The molecule has 0 saturated heterocycles. The van der Waals surface area contributed by atoms with E-state index in [1.807, 2.05) is 6.07 Å². The zero-order valence-electron chi connectivity index (χ0n) is 12.7. The number of carbonyl (C=O) groups is 2. The highest BCUT2D eigenvalue weighted by atomic mass is 16.5. The maximum atomic E-state index is 12.6. The molecule has 1 saturated carbocycles. The number of aromatic nitrogens is 2. The van der Waals surface area contributed by atoms with Gasteiger partial charge in [-0.2, -0.15) is 0 Å². The molecule has 120 valence electrons. The predicted molar refractivity (Wildman–Crippen MR) is 80.6 cm³/mol. The Bertz CT molecular complexity index is 709. The zero-order chi connectivity index (χ0) is 16.4. The average Bonchev–Trinajstić information content (AvgIpc) is 3.28. The Hall–Kier alpha value is -2.70. The molecule has 1 aliphatic rings. The molecule has 7 heteroatoms. The molecule has 7 nitrogen and oxygen atoms in total. The highest BCUT2D eigenvalue weighted by molar-refractivity contribution is 5.93. The van der Waals surface area contributed by atoms with Crippen LogP contribution in [-0.4, -0.2) is 44.6 Å². The summed E-state index contributed by atoms with van der Waals surface area (Å²) in [6.07, 6.45) is 5.06. The van der Waals surface area contributed by atoms with Gasteiger partial charge in [-0.1, -0.05) is 12.1 Å². The molecule has 23 heavy (non-hydrogen) atoms. The Kier molecular flexibility index (Phi) is 4.10. The van der Waals surface area contributed by atoms with Crippen LogP contribution in [0.3, 0.4) is 0 Å². The molecule has 0 spiro atoms. The standard InChI is InChI=1S/C16H17N3O4/c1-10(16(21)22)9-19(12-4-5-12)15(20)13-7-14(23-18-13)11-3-2-6-17-8-11/h2-3,6-8,10,12H,4-5,9H2,1H3,(H,21,22). The molecule has 1 aliphatic carbocycles. The lowest BCUT2D eigenvalue weighted by Crippen LogP contribution is -2.38. The number of carboxylic acid groups (broad SMARTS) is 1. The van der Waals surface area contributed by atoms with E-state index in [1.165, 1.54) is 0 Å². The first-order valence-corrected chi connectivity index (χ1v) is 7.47.